The monoisotopic (exact) mass is 368 g/mol. The maximum atomic E-state index is 10.1. The highest BCUT2D eigenvalue weighted by Gasteiger charge is 2.10. The van der Waals surface area contributed by atoms with Crippen molar-refractivity contribution in [2.24, 2.45) is 15.0 Å². The molecule has 0 saturated carbocycles. The van der Waals surface area contributed by atoms with Gasteiger partial charge >= 0.3 is 0 Å². The lowest BCUT2D eigenvalue weighted by atomic mass is 10.2. The molecule has 5 rings (SSSR count). The van der Waals surface area contributed by atoms with Crippen LogP contribution >= 0.6 is 0 Å². The van der Waals surface area contributed by atoms with E-state index in [-0.39, 0.29) is 5.76 Å². The highest BCUT2D eigenvalue weighted by Crippen LogP contribution is 2.18. The predicted octanol–water partition coefficient (Wildman–Crippen LogP) is 1.61. The third-order valence-electron chi connectivity index (χ3n) is 4.57. The first kappa shape index (κ1) is 16.4. The second-order valence-electron chi connectivity index (χ2n) is 6.62. The van der Waals surface area contributed by atoms with Crippen molar-refractivity contribution in [2.45, 2.75) is 0 Å². The van der Waals surface area contributed by atoms with Crippen molar-refractivity contribution in [3.63, 3.8) is 0 Å². The zero-order chi connectivity index (χ0) is 19.1. The Bertz CT molecular complexity index is 1290. The SMILES string of the molecule is OCC(O)=c1cc2[nH]c1=CC1=NC(=CC3=NC(=CC4=NC(=C2)C=C4)C=C3)C=C1. The molecule has 6 heteroatoms. The summed E-state index contributed by atoms with van der Waals surface area (Å²) < 4.78 is 0. The number of nitrogens with one attached hydrogen (secondary N) is 1. The lowest BCUT2D eigenvalue weighted by molar-refractivity contribution is 0.302. The fourth-order valence-electron chi connectivity index (χ4n) is 3.28. The number of aliphatic hydroxyl groups excluding tert-OH is 2. The number of aromatic amines is 1. The number of aromatic nitrogens is 1. The van der Waals surface area contributed by atoms with Crippen LogP contribution in [0.25, 0.3) is 17.9 Å². The van der Waals surface area contributed by atoms with E-state index >= 15 is 0 Å². The molecule has 4 aliphatic rings. The van der Waals surface area contributed by atoms with E-state index in [0.29, 0.717) is 10.6 Å². The molecule has 0 saturated heterocycles. The Labute approximate surface area is 160 Å². The Morgan fingerprint density at radius 3 is 1.86 bits per heavy atom. The van der Waals surface area contributed by atoms with Crippen molar-refractivity contribution in [2.75, 3.05) is 6.61 Å². The molecule has 1 aromatic rings. The summed E-state index contributed by atoms with van der Waals surface area (Å²) in [6.45, 7) is -0.440. The van der Waals surface area contributed by atoms with Gasteiger partial charge in [-0.2, -0.15) is 0 Å². The number of aliphatic imine (C=N–C) groups is 3. The van der Waals surface area contributed by atoms with Crippen molar-refractivity contribution < 1.29 is 10.2 Å². The summed E-state index contributed by atoms with van der Waals surface area (Å²) in [5.74, 6) is -0.101. The average Bonchev–Trinajstić information content (AvgIpc) is 3.45. The molecule has 8 bridgehead atoms. The summed E-state index contributed by atoms with van der Waals surface area (Å²) in [5.41, 5.74) is 5.58. The number of fused-ring (bicyclic) bond motifs is 5. The van der Waals surface area contributed by atoms with Crippen molar-refractivity contribution in [3.8, 4) is 0 Å². The van der Waals surface area contributed by atoms with Gasteiger partial charge in [0.25, 0.3) is 0 Å². The molecular weight excluding hydrogens is 352 g/mol. The largest absolute Gasteiger partial charge is 0.509 e. The van der Waals surface area contributed by atoms with E-state index in [9.17, 15) is 10.2 Å². The van der Waals surface area contributed by atoms with Gasteiger partial charge in [0.15, 0.2) is 0 Å². The molecule has 0 atom stereocenters. The molecule has 3 N–H and O–H groups in total. The zero-order valence-electron chi connectivity index (χ0n) is 14.8. The summed E-state index contributed by atoms with van der Waals surface area (Å²) in [6, 6.07) is 1.79. The highest BCUT2D eigenvalue weighted by molar-refractivity contribution is 6.20. The van der Waals surface area contributed by atoms with Gasteiger partial charge in [-0.25, -0.2) is 15.0 Å². The Morgan fingerprint density at radius 2 is 1.29 bits per heavy atom. The van der Waals surface area contributed by atoms with Gasteiger partial charge in [0, 0.05) is 10.9 Å². The van der Waals surface area contributed by atoms with Crippen LogP contribution in [0.1, 0.15) is 5.69 Å². The molecule has 0 spiro atoms. The first-order chi connectivity index (χ1) is 13.7. The lowest BCUT2D eigenvalue weighted by Gasteiger charge is -1.93. The second-order valence-corrected chi connectivity index (χ2v) is 6.62. The van der Waals surface area contributed by atoms with Gasteiger partial charge < -0.3 is 15.2 Å². The third kappa shape index (κ3) is 3.06. The van der Waals surface area contributed by atoms with Crippen LogP contribution in [0.3, 0.4) is 0 Å². The maximum Gasteiger partial charge on any atom is 0.127 e. The summed E-state index contributed by atoms with van der Waals surface area (Å²) in [4.78, 5) is 17.0. The minimum absolute atomic E-state index is 0.101. The van der Waals surface area contributed by atoms with E-state index in [4.69, 9.17) is 0 Å². The van der Waals surface area contributed by atoms with Gasteiger partial charge in [0.2, 0.25) is 0 Å². The van der Waals surface area contributed by atoms with Gasteiger partial charge in [0.05, 0.1) is 39.6 Å². The summed E-state index contributed by atoms with van der Waals surface area (Å²) in [5, 5.41) is 20.7. The normalized spacial score (nSPS) is 20.2. The molecule has 0 amide bonds. The minimum atomic E-state index is -0.440. The molecule has 0 radical (unpaired) electrons. The van der Waals surface area contributed by atoms with Crippen LogP contribution in [-0.4, -0.2) is 38.9 Å². The molecule has 0 fully saturated rings. The van der Waals surface area contributed by atoms with Crippen LogP contribution in [-0.2, 0) is 0 Å². The lowest BCUT2D eigenvalue weighted by Crippen LogP contribution is -2.27. The standard InChI is InChI=1S/C22H16N4O2/c27-12-22(28)20-10-19-9-17-4-3-15(24-17)7-13-1-2-14(23-13)8-16-5-6-18(25-16)11-21(20)26-19/h1-11,26-28H,12H2. The minimum Gasteiger partial charge on any atom is -0.509 e. The molecule has 6 nitrogen and oxygen atoms in total. The molecule has 28 heavy (non-hydrogen) atoms. The zero-order valence-corrected chi connectivity index (χ0v) is 14.8. The first-order valence-corrected chi connectivity index (χ1v) is 8.85. The van der Waals surface area contributed by atoms with Gasteiger partial charge in [0.1, 0.15) is 12.4 Å². The Hall–Kier alpha value is -3.77. The van der Waals surface area contributed by atoms with E-state index in [1.54, 1.807) is 6.07 Å². The van der Waals surface area contributed by atoms with Crippen LogP contribution in [0.4, 0.5) is 0 Å². The van der Waals surface area contributed by atoms with Gasteiger partial charge in [-0.05, 0) is 66.8 Å². The molecule has 0 aliphatic carbocycles. The molecule has 136 valence electrons. The summed E-state index contributed by atoms with van der Waals surface area (Å²) >= 11 is 0. The van der Waals surface area contributed by atoms with Crippen LogP contribution in [0, 0.1) is 0 Å². The van der Waals surface area contributed by atoms with Gasteiger partial charge in [-0.1, -0.05) is 0 Å². The topological polar surface area (TPSA) is 93.3 Å². The molecule has 0 aromatic carbocycles. The number of allylic oxidation sites excluding steroid dienone is 8. The Balaban J connectivity index is 1.75. The van der Waals surface area contributed by atoms with E-state index in [1.807, 2.05) is 60.8 Å². The number of nitrogens with zero attached hydrogens (tertiary/aromatic N) is 3. The number of rotatable bonds is 1. The van der Waals surface area contributed by atoms with Crippen molar-refractivity contribution in [1.82, 2.24) is 4.98 Å². The Morgan fingerprint density at radius 1 is 0.750 bits per heavy atom. The third-order valence-corrected chi connectivity index (χ3v) is 4.57. The quantitative estimate of drug-likeness (QED) is 0.703. The van der Waals surface area contributed by atoms with E-state index in [1.165, 1.54) is 0 Å². The first-order valence-electron chi connectivity index (χ1n) is 8.85. The van der Waals surface area contributed by atoms with Gasteiger partial charge in [-0.3, -0.25) is 0 Å². The summed E-state index contributed by atoms with van der Waals surface area (Å²) in [7, 11) is 0. The van der Waals surface area contributed by atoms with Crippen LogP contribution in [0.2, 0.25) is 0 Å². The molecule has 5 heterocycles. The fourth-order valence-corrected chi connectivity index (χ4v) is 3.28. The summed E-state index contributed by atoms with van der Waals surface area (Å²) in [6.07, 6.45) is 19.1. The van der Waals surface area contributed by atoms with E-state index in [2.05, 4.69) is 20.0 Å². The van der Waals surface area contributed by atoms with Crippen LogP contribution in [0.5, 0.6) is 0 Å². The Kier molecular flexibility index (Phi) is 3.77. The average molecular weight is 368 g/mol. The highest BCUT2D eigenvalue weighted by atomic mass is 16.3. The molecule has 1 aromatic heterocycles. The van der Waals surface area contributed by atoms with Crippen LogP contribution < -0.4 is 10.6 Å². The predicted molar refractivity (Wildman–Crippen MR) is 111 cm³/mol. The number of hydrogen-bond acceptors (Lipinski definition) is 5. The number of hydrogen-bond donors (Lipinski definition) is 3. The molecular formula is C22H16N4O2. The van der Waals surface area contributed by atoms with Crippen molar-refractivity contribution in [1.29, 1.82) is 0 Å². The maximum absolute atomic E-state index is 10.1. The number of aliphatic hydroxyl groups is 2. The van der Waals surface area contributed by atoms with Crippen LogP contribution in [0.15, 0.2) is 86.7 Å². The fraction of sp³-hybridized carbons (Fsp3) is 0.0455. The van der Waals surface area contributed by atoms with Crippen molar-refractivity contribution in [3.05, 3.63) is 88.0 Å². The van der Waals surface area contributed by atoms with E-state index < -0.39 is 6.61 Å². The van der Waals surface area contributed by atoms with Gasteiger partial charge in [-0.15, -0.1) is 0 Å². The van der Waals surface area contributed by atoms with Crippen molar-refractivity contribution >= 4 is 35.0 Å². The molecule has 4 aliphatic heterocycles. The number of H-pyrrole nitrogens is 1. The van der Waals surface area contributed by atoms with E-state index in [0.717, 1.165) is 39.9 Å². The smallest absolute Gasteiger partial charge is 0.127 e. The second kappa shape index (κ2) is 6.44. The molecule has 0 unspecified atom stereocenters.